The molecular formula is C10H12FN5. The van der Waals surface area contributed by atoms with E-state index in [1.165, 1.54) is 6.20 Å². The average molecular weight is 221 g/mol. The number of hydrogen-bond donors (Lipinski definition) is 2. The Morgan fingerprint density at radius 1 is 1.44 bits per heavy atom. The monoisotopic (exact) mass is 221 g/mol. The Bertz CT molecular complexity index is 500. The minimum atomic E-state index is -0.569. The van der Waals surface area contributed by atoms with Crippen LogP contribution in [0.15, 0.2) is 18.3 Å². The molecule has 16 heavy (non-hydrogen) atoms. The van der Waals surface area contributed by atoms with Gasteiger partial charge in [0, 0.05) is 19.2 Å². The van der Waals surface area contributed by atoms with Crippen LogP contribution in [0, 0.1) is 5.95 Å². The van der Waals surface area contributed by atoms with Crippen molar-refractivity contribution in [2.75, 3.05) is 5.73 Å². The second kappa shape index (κ2) is 3.90. The van der Waals surface area contributed by atoms with Gasteiger partial charge in [-0.1, -0.05) is 6.07 Å². The second-order valence-corrected chi connectivity index (χ2v) is 3.42. The van der Waals surface area contributed by atoms with Crippen LogP contribution in [-0.4, -0.2) is 14.8 Å². The largest absolute Gasteiger partial charge is 0.396 e. The number of nitrogen functional groups attached to an aromatic ring is 1. The van der Waals surface area contributed by atoms with Crippen LogP contribution in [0.3, 0.4) is 0 Å². The third kappa shape index (κ3) is 1.63. The summed E-state index contributed by atoms with van der Waals surface area (Å²) in [6, 6.07) is 3.28. The summed E-state index contributed by atoms with van der Waals surface area (Å²) >= 11 is 0. The Hall–Kier alpha value is -1.95. The molecule has 0 aromatic carbocycles. The Labute approximate surface area is 91.9 Å². The van der Waals surface area contributed by atoms with Gasteiger partial charge in [0.25, 0.3) is 0 Å². The molecule has 0 unspecified atom stereocenters. The second-order valence-electron chi connectivity index (χ2n) is 3.42. The van der Waals surface area contributed by atoms with Crippen LogP contribution in [0.2, 0.25) is 0 Å². The first kappa shape index (κ1) is 10.6. The van der Waals surface area contributed by atoms with Gasteiger partial charge in [-0.05, 0) is 6.07 Å². The molecule has 0 aliphatic carbocycles. The maximum absolute atomic E-state index is 13.4. The molecule has 0 atom stereocenters. The minimum Gasteiger partial charge on any atom is -0.396 e. The van der Waals surface area contributed by atoms with Crippen molar-refractivity contribution in [3.63, 3.8) is 0 Å². The molecule has 2 rings (SSSR count). The molecule has 0 aliphatic heterocycles. The molecule has 4 N–H and O–H groups in total. The molecule has 6 heteroatoms. The van der Waals surface area contributed by atoms with Crippen LogP contribution in [0.4, 0.5) is 10.1 Å². The molecule has 0 fully saturated rings. The van der Waals surface area contributed by atoms with Gasteiger partial charge in [0.2, 0.25) is 5.95 Å². The molecule has 5 nitrogen and oxygen atoms in total. The number of nitrogens with two attached hydrogens (primary N) is 2. The molecule has 0 bridgehead atoms. The van der Waals surface area contributed by atoms with Crippen LogP contribution in [0.25, 0.3) is 11.4 Å². The number of pyridine rings is 1. The lowest BCUT2D eigenvalue weighted by Crippen LogP contribution is -2.04. The summed E-state index contributed by atoms with van der Waals surface area (Å²) in [5.41, 5.74) is 13.0. The summed E-state index contributed by atoms with van der Waals surface area (Å²) in [6.07, 6.45) is 1.51. The van der Waals surface area contributed by atoms with E-state index in [0.717, 1.165) is 0 Å². The van der Waals surface area contributed by atoms with E-state index in [1.54, 1.807) is 23.9 Å². The Kier molecular flexibility index (Phi) is 2.57. The van der Waals surface area contributed by atoms with E-state index in [-0.39, 0.29) is 6.54 Å². The summed E-state index contributed by atoms with van der Waals surface area (Å²) in [4.78, 5) is 3.82. The zero-order valence-corrected chi connectivity index (χ0v) is 8.81. The molecular weight excluding hydrogens is 209 g/mol. The van der Waals surface area contributed by atoms with Crippen molar-refractivity contribution in [3.8, 4) is 11.4 Å². The van der Waals surface area contributed by atoms with Crippen molar-refractivity contribution < 1.29 is 4.39 Å². The fourth-order valence-electron chi connectivity index (χ4n) is 1.52. The van der Waals surface area contributed by atoms with Crippen LogP contribution >= 0.6 is 0 Å². The Morgan fingerprint density at radius 2 is 2.19 bits per heavy atom. The van der Waals surface area contributed by atoms with E-state index < -0.39 is 5.95 Å². The number of aryl methyl sites for hydroxylation is 1. The molecule has 0 saturated carbocycles. The van der Waals surface area contributed by atoms with Crippen molar-refractivity contribution >= 4 is 5.69 Å². The van der Waals surface area contributed by atoms with E-state index in [0.29, 0.717) is 22.6 Å². The first-order valence-corrected chi connectivity index (χ1v) is 4.77. The maximum atomic E-state index is 13.4. The number of aromatic nitrogens is 3. The first-order chi connectivity index (χ1) is 7.63. The fourth-order valence-corrected chi connectivity index (χ4v) is 1.52. The Balaban J connectivity index is 2.53. The van der Waals surface area contributed by atoms with Crippen molar-refractivity contribution in [2.45, 2.75) is 6.54 Å². The van der Waals surface area contributed by atoms with E-state index in [1.807, 2.05) is 0 Å². The van der Waals surface area contributed by atoms with Crippen LogP contribution in [-0.2, 0) is 13.6 Å². The molecule has 0 amide bonds. The SMILES string of the molecule is Cn1ncc(N)c1-c1ccc(CN)c(F)n1. The minimum absolute atomic E-state index is 0.125. The highest BCUT2D eigenvalue weighted by Crippen LogP contribution is 2.23. The molecule has 0 spiro atoms. The van der Waals surface area contributed by atoms with Gasteiger partial charge in [0.1, 0.15) is 5.69 Å². The summed E-state index contributed by atoms with van der Waals surface area (Å²) < 4.78 is 15.0. The van der Waals surface area contributed by atoms with E-state index in [4.69, 9.17) is 11.5 Å². The zero-order valence-electron chi connectivity index (χ0n) is 8.81. The molecule has 0 saturated heterocycles. The number of halogens is 1. The standard InChI is InChI=1S/C10H12FN5/c1-16-9(7(13)5-14-16)8-3-2-6(4-12)10(11)15-8/h2-3,5H,4,12-13H2,1H3. The van der Waals surface area contributed by atoms with Gasteiger partial charge in [0.05, 0.1) is 17.6 Å². The van der Waals surface area contributed by atoms with E-state index in [9.17, 15) is 4.39 Å². The lowest BCUT2D eigenvalue weighted by Gasteiger charge is -2.05. The quantitative estimate of drug-likeness (QED) is 0.730. The third-order valence-corrected chi connectivity index (χ3v) is 2.36. The fraction of sp³-hybridized carbons (Fsp3) is 0.200. The van der Waals surface area contributed by atoms with Gasteiger partial charge >= 0.3 is 0 Å². The van der Waals surface area contributed by atoms with Gasteiger partial charge in [-0.15, -0.1) is 0 Å². The number of anilines is 1. The average Bonchev–Trinajstić information content (AvgIpc) is 2.58. The lowest BCUT2D eigenvalue weighted by molar-refractivity contribution is 0.568. The van der Waals surface area contributed by atoms with Crippen molar-refractivity contribution in [3.05, 3.63) is 29.8 Å². The molecule has 0 aliphatic rings. The third-order valence-electron chi connectivity index (χ3n) is 2.36. The van der Waals surface area contributed by atoms with Gasteiger partial charge in [-0.2, -0.15) is 9.49 Å². The summed E-state index contributed by atoms with van der Waals surface area (Å²) in [5.74, 6) is -0.569. The van der Waals surface area contributed by atoms with E-state index >= 15 is 0 Å². The summed E-state index contributed by atoms with van der Waals surface area (Å²) in [7, 11) is 1.72. The number of nitrogens with zero attached hydrogens (tertiary/aromatic N) is 3. The van der Waals surface area contributed by atoms with Gasteiger partial charge < -0.3 is 11.5 Å². The van der Waals surface area contributed by atoms with Crippen LogP contribution in [0.1, 0.15) is 5.56 Å². The zero-order chi connectivity index (χ0) is 11.7. The highest BCUT2D eigenvalue weighted by molar-refractivity contribution is 5.69. The Morgan fingerprint density at radius 3 is 2.69 bits per heavy atom. The molecule has 84 valence electrons. The molecule has 2 heterocycles. The van der Waals surface area contributed by atoms with Crippen molar-refractivity contribution in [2.24, 2.45) is 12.8 Å². The predicted molar refractivity (Wildman–Crippen MR) is 58.7 cm³/mol. The predicted octanol–water partition coefficient (Wildman–Crippen LogP) is 0.662. The van der Waals surface area contributed by atoms with Gasteiger partial charge in [-0.3, -0.25) is 4.68 Å². The molecule has 2 aromatic heterocycles. The summed E-state index contributed by atoms with van der Waals surface area (Å²) in [6.45, 7) is 0.125. The summed E-state index contributed by atoms with van der Waals surface area (Å²) in [5, 5.41) is 3.97. The van der Waals surface area contributed by atoms with Crippen molar-refractivity contribution in [1.82, 2.24) is 14.8 Å². The number of rotatable bonds is 2. The lowest BCUT2D eigenvalue weighted by atomic mass is 10.2. The maximum Gasteiger partial charge on any atom is 0.217 e. The smallest absolute Gasteiger partial charge is 0.217 e. The van der Waals surface area contributed by atoms with Crippen molar-refractivity contribution in [1.29, 1.82) is 0 Å². The highest BCUT2D eigenvalue weighted by Gasteiger charge is 2.12. The number of hydrogen-bond acceptors (Lipinski definition) is 4. The topological polar surface area (TPSA) is 82.8 Å². The van der Waals surface area contributed by atoms with E-state index in [2.05, 4.69) is 10.1 Å². The molecule has 0 radical (unpaired) electrons. The molecule has 2 aromatic rings. The first-order valence-electron chi connectivity index (χ1n) is 4.77. The van der Waals surface area contributed by atoms with Crippen LogP contribution in [0.5, 0.6) is 0 Å². The highest BCUT2D eigenvalue weighted by atomic mass is 19.1. The van der Waals surface area contributed by atoms with Gasteiger partial charge in [0.15, 0.2) is 0 Å². The van der Waals surface area contributed by atoms with Crippen LogP contribution < -0.4 is 11.5 Å². The normalized spacial score (nSPS) is 10.7. The van der Waals surface area contributed by atoms with Gasteiger partial charge in [-0.25, -0.2) is 4.98 Å².